The maximum Gasteiger partial charge on any atom is 0.335 e. The highest BCUT2D eigenvalue weighted by Crippen LogP contribution is 2.38. The van der Waals surface area contributed by atoms with Crippen molar-refractivity contribution in [2.75, 3.05) is 13.1 Å². The largest absolute Gasteiger partial charge is 0.478 e. The number of carbonyl (C=O) groups is 1. The summed E-state index contributed by atoms with van der Waals surface area (Å²) < 4.78 is 2.46. The van der Waals surface area contributed by atoms with Crippen molar-refractivity contribution < 1.29 is 9.90 Å². The van der Waals surface area contributed by atoms with Crippen molar-refractivity contribution in [3.05, 3.63) is 65.5 Å². The highest BCUT2D eigenvalue weighted by molar-refractivity contribution is 5.92. The fourth-order valence-corrected chi connectivity index (χ4v) is 5.28. The lowest BCUT2D eigenvalue weighted by Crippen LogP contribution is -2.33. The van der Waals surface area contributed by atoms with Gasteiger partial charge in [-0.1, -0.05) is 43.2 Å². The third-order valence-electron chi connectivity index (χ3n) is 6.86. The van der Waals surface area contributed by atoms with Crippen LogP contribution in [0.1, 0.15) is 72.2 Å². The van der Waals surface area contributed by atoms with Crippen LogP contribution in [-0.2, 0) is 6.54 Å². The number of carboxylic acid groups (broad SMARTS) is 1. The molecule has 5 nitrogen and oxygen atoms in total. The summed E-state index contributed by atoms with van der Waals surface area (Å²) in [6.45, 7) is 3.16. The molecule has 0 atom stereocenters. The second kappa shape index (κ2) is 8.23. The molecule has 2 aliphatic rings. The van der Waals surface area contributed by atoms with E-state index >= 15 is 0 Å². The van der Waals surface area contributed by atoms with Crippen LogP contribution in [0.2, 0.25) is 0 Å². The van der Waals surface area contributed by atoms with Gasteiger partial charge in [0, 0.05) is 18.5 Å². The van der Waals surface area contributed by atoms with Crippen molar-refractivity contribution in [3.8, 4) is 0 Å². The molecular formula is C25H29N3O2. The quantitative estimate of drug-likeness (QED) is 0.634. The summed E-state index contributed by atoms with van der Waals surface area (Å²) in [5.74, 6) is 0.736. The van der Waals surface area contributed by atoms with Gasteiger partial charge in [-0.3, -0.25) is 4.90 Å². The first-order valence-corrected chi connectivity index (χ1v) is 11.2. The second-order valence-electron chi connectivity index (χ2n) is 8.82. The first kappa shape index (κ1) is 19.3. The van der Waals surface area contributed by atoms with Gasteiger partial charge in [0.1, 0.15) is 5.82 Å². The van der Waals surface area contributed by atoms with Gasteiger partial charge in [0.25, 0.3) is 0 Å². The van der Waals surface area contributed by atoms with Crippen molar-refractivity contribution in [1.29, 1.82) is 0 Å². The van der Waals surface area contributed by atoms with E-state index in [1.165, 1.54) is 37.1 Å². The number of carboxylic acids is 1. The lowest BCUT2D eigenvalue weighted by atomic mass is 9.95. The molecule has 0 amide bonds. The molecule has 5 rings (SSSR count). The van der Waals surface area contributed by atoms with E-state index in [-0.39, 0.29) is 0 Å². The van der Waals surface area contributed by atoms with Gasteiger partial charge in [0.15, 0.2) is 0 Å². The number of fused-ring (bicyclic) bond motifs is 1. The third kappa shape index (κ3) is 3.74. The molecule has 5 heteroatoms. The molecule has 2 aromatic carbocycles. The number of piperidine rings is 1. The minimum Gasteiger partial charge on any atom is -0.478 e. The molecule has 156 valence electrons. The van der Waals surface area contributed by atoms with E-state index in [1.54, 1.807) is 12.1 Å². The minimum absolute atomic E-state index is 0.322. The molecule has 1 saturated carbocycles. The Morgan fingerprint density at radius 3 is 2.43 bits per heavy atom. The van der Waals surface area contributed by atoms with Crippen LogP contribution in [0.25, 0.3) is 11.0 Å². The number of rotatable bonds is 5. The number of imidazole rings is 1. The first-order chi connectivity index (χ1) is 14.7. The van der Waals surface area contributed by atoms with Crippen LogP contribution in [0.5, 0.6) is 0 Å². The number of hydrogen-bond acceptors (Lipinski definition) is 3. The number of nitrogens with zero attached hydrogens (tertiary/aromatic N) is 3. The summed E-state index contributed by atoms with van der Waals surface area (Å²) in [5, 5.41) is 9.39. The van der Waals surface area contributed by atoms with Crippen molar-refractivity contribution in [2.24, 2.45) is 0 Å². The van der Waals surface area contributed by atoms with E-state index in [9.17, 15) is 9.90 Å². The van der Waals surface area contributed by atoms with Gasteiger partial charge in [-0.2, -0.15) is 0 Å². The van der Waals surface area contributed by atoms with E-state index in [0.717, 1.165) is 43.5 Å². The average Bonchev–Trinajstić information content (AvgIpc) is 3.42. The van der Waals surface area contributed by atoms with Crippen molar-refractivity contribution >= 4 is 17.0 Å². The van der Waals surface area contributed by atoms with E-state index in [1.807, 2.05) is 6.07 Å². The SMILES string of the molecule is O=C(O)c1ccc2c(c1)nc(C1CCN(Cc3ccccc3)CC1)n2C1CCCC1. The molecule has 2 fully saturated rings. The maximum absolute atomic E-state index is 11.4. The number of hydrogen-bond donors (Lipinski definition) is 1. The normalized spacial score (nSPS) is 18.9. The number of aromatic carboxylic acids is 1. The lowest BCUT2D eigenvalue weighted by molar-refractivity contribution is 0.0697. The van der Waals surface area contributed by atoms with E-state index < -0.39 is 5.97 Å². The molecular weight excluding hydrogens is 374 g/mol. The molecule has 2 heterocycles. The Morgan fingerprint density at radius 1 is 1.00 bits per heavy atom. The summed E-state index contributed by atoms with van der Waals surface area (Å²) >= 11 is 0. The number of likely N-dealkylation sites (tertiary alicyclic amines) is 1. The van der Waals surface area contributed by atoms with Crippen molar-refractivity contribution in [1.82, 2.24) is 14.5 Å². The second-order valence-corrected chi connectivity index (χ2v) is 8.82. The Morgan fingerprint density at radius 2 is 1.73 bits per heavy atom. The molecule has 0 spiro atoms. The van der Waals surface area contributed by atoms with Crippen LogP contribution in [-0.4, -0.2) is 38.6 Å². The van der Waals surface area contributed by atoms with Crippen LogP contribution in [0.15, 0.2) is 48.5 Å². The van der Waals surface area contributed by atoms with Gasteiger partial charge < -0.3 is 9.67 Å². The average molecular weight is 404 g/mol. The smallest absolute Gasteiger partial charge is 0.335 e. The molecule has 1 aromatic heterocycles. The molecule has 30 heavy (non-hydrogen) atoms. The van der Waals surface area contributed by atoms with Crippen molar-refractivity contribution in [2.45, 2.75) is 57.0 Å². The Labute approximate surface area is 177 Å². The van der Waals surface area contributed by atoms with Crippen LogP contribution >= 0.6 is 0 Å². The predicted molar refractivity (Wildman–Crippen MR) is 118 cm³/mol. The highest BCUT2D eigenvalue weighted by Gasteiger charge is 2.29. The zero-order valence-corrected chi connectivity index (χ0v) is 17.3. The predicted octanol–water partition coefficient (Wildman–Crippen LogP) is 5.23. The molecule has 0 radical (unpaired) electrons. The monoisotopic (exact) mass is 403 g/mol. The summed E-state index contributed by atoms with van der Waals surface area (Å²) in [7, 11) is 0. The van der Waals surface area contributed by atoms with Gasteiger partial charge in [0.05, 0.1) is 16.6 Å². The highest BCUT2D eigenvalue weighted by atomic mass is 16.4. The maximum atomic E-state index is 11.4. The lowest BCUT2D eigenvalue weighted by Gasteiger charge is -2.32. The summed E-state index contributed by atoms with van der Waals surface area (Å²) in [6, 6.07) is 16.6. The molecule has 0 unspecified atom stereocenters. The van der Waals surface area contributed by atoms with Crippen LogP contribution < -0.4 is 0 Å². The van der Waals surface area contributed by atoms with Crippen molar-refractivity contribution in [3.63, 3.8) is 0 Å². The van der Waals surface area contributed by atoms with Crippen LogP contribution in [0, 0.1) is 0 Å². The Balaban J connectivity index is 1.40. The zero-order valence-electron chi connectivity index (χ0n) is 17.3. The van der Waals surface area contributed by atoms with E-state index in [2.05, 4.69) is 39.8 Å². The van der Waals surface area contributed by atoms with Gasteiger partial charge in [-0.05, 0) is 62.5 Å². The minimum atomic E-state index is -0.886. The molecule has 1 aliphatic heterocycles. The number of benzene rings is 2. The zero-order chi connectivity index (χ0) is 20.5. The summed E-state index contributed by atoms with van der Waals surface area (Å²) in [6.07, 6.45) is 7.15. The molecule has 0 bridgehead atoms. The van der Waals surface area contributed by atoms with Gasteiger partial charge >= 0.3 is 5.97 Å². The Kier molecular flexibility index (Phi) is 5.30. The topological polar surface area (TPSA) is 58.4 Å². The van der Waals surface area contributed by atoms with Gasteiger partial charge in [-0.25, -0.2) is 9.78 Å². The Hall–Kier alpha value is -2.66. The van der Waals surface area contributed by atoms with E-state index in [0.29, 0.717) is 17.5 Å². The van der Waals surface area contributed by atoms with Gasteiger partial charge in [0.2, 0.25) is 0 Å². The summed E-state index contributed by atoms with van der Waals surface area (Å²) in [4.78, 5) is 19.0. The Bertz CT molecular complexity index is 1030. The molecule has 1 aliphatic carbocycles. The van der Waals surface area contributed by atoms with E-state index in [4.69, 9.17) is 4.98 Å². The summed E-state index contributed by atoms with van der Waals surface area (Å²) in [5.41, 5.74) is 3.63. The fourth-order valence-electron chi connectivity index (χ4n) is 5.28. The fraction of sp³-hybridized carbons (Fsp3) is 0.440. The van der Waals surface area contributed by atoms with Crippen LogP contribution in [0.4, 0.5) is 0 Å². The molecule has 1 N–H and O–H groups in total. The number of aromatic nitrogens is 2. The molecule has 1 saturated heterocycles. The van der Waals surface area contributed by atoms with Gasteiger partial charge in [-0.15, -0.1) is 0 Å². The first-order valence-electron chi connectivity index (χ1n) is 11.2. The molecule has 3 aromatic rings. The standard InChI is InChI=1S/C25H29N3O2/c29-25(30)20-10-11-23-22(16-20)26-24(28(23)21-8-4-5-9-21)19-12-14-27(15-13-19)17-18-6-2-1-3-7-18/h1-3,6-7,10-11,16,19,21H,4-5,8-9,12-15,17H2,(H,29,30). The van der Waals surface area contributed by atoms with Crippen LogP contribution in [0.3, 0.4) is 0 Å². The third-order valence-corrected chi connectivity index (χ3v) is 6.86.